The van der Waals surface area contributed by atoms with E-state index in [1.165, 1.54) is 31.3 Å². The Bertz CT molecular complexity index is 549. The Kier molecular flexibility index (Phi) is 3.66. The average molecular weight is 239 g/mol. The lowest BCUT2D eigenvalue weighted by Gasteiger charge is -2.01. The lowest BCUT2D eigenvalue weighted by atomic mass is 10.2. The number of sulfonamides is 1. The van der Waals surface area contributed by atoms with Crippen LogP contribution in [0.5, 0.6) is 0 Å². The maximum Gasteiger partial charge on any atom is 0.382 e. The summed E-state index contributed by atoms with van der Waals surface area (Å²) in [4.78, 5) is 10.3. The standard InChI is InChI=1S/C10H9NO4S/c1-11-16(14,15)9-5-2-8(3-6-9)4-7-10(12)13/h2-3,5-6,11H,1H3,(H,12,13). The fourth-order valence-electron chi connectivity index (χ4n) is 0.961. The van der Waals surface area contributed by atoms with Gasteiger partial charge >= 0.3 is 5.97 Å². The SMILES string of the molecule is CNS(=O)(=O)c1ccc(C#CC(=O)O)cc1. The minimum atomic E-state index is -3.46. The highest BCUT2D eigenvalue weighted by Crippen LogP contribution is 2.09. The van der Waals surface area contributed by atoms with Crippen LogP contribution in [0.4, 0.5) is 0 Å². The summed E-state index contributed by atoms with van der Waals surface area (Å²) in [6.07, 6.45) is 0. The molecule has 16 heavy (non-hydrogen) atoms. The van der Waals surface area contributed by atoms with Gasteiger partial charge in [0.25, 0.3) is 0 Å². The van der Waals surface area contributed by atoms with Crippen LogP contribution in [0.1, 0.15) is 5.56 Å². The van der Waals surface area contributed by atoms with Gasteiger partial charge in [-0.1, -0.05) is 5.92 Å². The van der Waals surface area contributed by atoms with Gasteiger partial charge < -0.3 is 5.11 Å². The second-order valence-corrected chi connectivity index (χ2v) is 4.67. The maximum atomic E-state index is 11.3. The van der Waals surface area contributed by atoms with Crippen molar-refractivity contribution in [3.05, 3.63) is 29.8 Å². The van der Waals surface area contributed by atoms with Crippen LogP contribution < -0.4 is 4.72 Å². The van der Waals surface area contributed by atoms with Crippen molar-refractivity contribution in [2.24, 2.45) is 0 Å². The van der Waals surface area contributed by atoms with E-state index in [1.807, 2.05) is 5.92 Å². The van der Waals surface area contributed by atoms with Crippen LogP contribution in [0.2, 0.25) is 0 Å². The summed E-state index contributed by atoms with van der Waals surface area (Å²) in [6.45, 7) is 0. The van der Waals surface area contributed by atoms with E-state index in [9.17, 15) is 13.2 Å². The molecule has 1 aromatic rings. The molecular formula is C10H9NO4S. The van der Waals surface area contributed by atoms with Gasteiger partial charge in [0, 0.05) is 11.5 Å². The summed E-state index contributed by atoms with van der Waals surface area (Å²) < 4.78 is 24.8. The zero-order valence-electron chi connectivity index (χ0n) is 8.39. The molecule has 0 unspecified atom stereocenters. The molecule has 0 aliphatic rings. The maximum absolute atomic E-state index is 11.3. The number of carboxylic acid groups (broad SMARTS) is 1. The minimum absolute atomic E-state index is 0.107. The second kappa shape index (κ2) is 4.79. The van der Waals surface area contributed by atoms with E-state index in [-0.39, 0.29) is 4.90 Å². The van der Waals surface area contributed by atoms with Gasteiger partial charge in [0.15, 0.2) is 0 Å². The first-order valence-corrected chi connectivity index (χ1v) is 5.72. The van der Waals surface area contributed by atoms with E-state index in [1.54, 1.807) is 0 Å². The lowest BCUT2D eigenvalue weighted by molar-refractivity contribution is -0.130. The summed E-state index contributed by atoms with van der Waals surface area (Å²) >= 11 is 0. The number of rotatable bonds is 2. The predicted octanol–water partition coefficient (Wildman–Crippen LogP) is 0.0308. The summed E-state index contributed by atoms with van der Waals surface area (Å²) in [5.74, 6) is 3.08. The van der Waals surface area contributed by atoms with E-state index < -0.39 is 16.0 Å². The van der Waals surface area contributed by atoms with Gasteiger partial charge in [-0.05, 0) is 31.3 Å². The second-order valence-electron chi connectivity index (χ2n) is 2.79. The molecule has 0 bridgehead atoms. The van der Waals surface area contributed by atoms with E-state index in [0.29, 0.717) is 5.56 Å². The van der Waals surface area contributed by atoms with Crippen molar-refractivity contribution in [3.63, 3.8) is 0 Å². The van der Waals surface area contributed by atoms with E-state index in [2.05, 4.69) is 10.6 Å². The molecule has 5 nitrogen and oxygen atoms in total. The van der Waals surface area contributed by atoms with Crippen LogP contribution >= 0.6 is 0 Å². The molecule has 84 valence electrons. The van der Waals surface area contributed by atoms with Crippen LogP contribution in [-0.2, 0) is 14.8 Å². The predicted molar refractivity (Wildman–Crippen MR) is 57.2 cm³/mol. The number of aliphatic carboxylic acids is 1. The molecule has 1 aromatic carbocycles. The Labute approximate surface area is 93.2 Å². The molecule has 0 aromatic heterocycles. The summed E-state index contributed by atoms with van der Waals surface area (Å²) in [5.41, 5.74) is 0.442. The monoisotopic (exact) mass is 239 g/mol. The van der Waals surface area contributed by atoms with Crippen molar-refractivity contribution in [3.8, 4) is 11.8 Å². The Morgan fingerprint density at radius 1 is 1.31 bits per heavy atom. The third kappa shape index (κ3) is 3.08. The van der Waals surface area contributed by atoms with Crippen molar-refractivity contribution in [2.75, 3.05) is 7.05 Å². The number of nitrogens with one attached hydrogen (secondary N) is 1. The van der Waals surface area contributed by atoms with E-state index >= 15 is 0 Å². The molecule has 0 aliphatic heterocycles. The Morgan fingerprint density at radius 3 is 2.31 bits per heavy atom. The van der Waals surface area contributed by atoms with Gasteiger partial charge in [-0.25, -0.2) is 17.9 Å². The molecule has 0 saturated heterocycles. The Balaban J connectivity index is 3.02. The molecule has 0 heterocycles. The largest absolute Gasteiger partial charge is 0.472 e. The van der Waals surface area contributed by atoms with Crippen LogP contribution in [0, 0.1) is 11.8 Å². The Hall–Kier alpha value is -1.84. The van der Waals surface area contributed by atoms with E-state index in [4.69, 9.17) is 5.11 Å². The quantitative estimate of drug-likeness (QED) is 0.713. The highest BCUT2D eigenvalue weighted by Gasteiger charge is 2.09. The van der Waals surface area contributed by atoms with Gasteiger partial charge in [-0.15, -0.1) is 0 Å². The van der Waals surface area contributed by atoms with Crippen molar-refractivity contribution in [1.29, 1.82) is 0 Å². The summed E-state index contributed by atoms with van der Waals surface area (Å²) in [5, 5.41) is 8.32. The Morgan fingerprint density at radius 2 is 1.88 bits per heavy atom. The van der Waals surface area contributed by atoms with Crippen LogP contribution in [0.15, 0.2) is 29.2 Å². The third-order valence-electron chi connectivity index (χ3n) is 1.75. The zero-order valence-corrected chi connectivity index (χ0v) is 9.21. The minimum Gasteiger partial charge on any atom is -0.472 e. The third-order valence-corrected chi connectivity index (χ3v) is 3.18. The number of carbonyl (C=O) groups is 1. The molecule has 2 N–H and O–H groups in total. The molecule has 0 amide bonds. The van der Waals surface area contributed by atoms with Crippen molar-refractivity contribution >= 4 is 16.0 Å². The molecule has 0 radical (unpaired) electrons. The molecule has 6 heteroatoms. The molecule has 0 spiro atoms. The van der Waals surface area contributed by atoms with Crippen molar-refractivity contribution < 1.29 is 18.3 Å². The lowest BCUT2D eigenvalue weighted by Crippen LogP contribution is -2.18. The summed E-state index contributed by atoms with van der Waals surface area (Å²) in [7, 11) is -2.15. The van der Waals surface area contributed by atoms with Crippen LogP contribution in [-0.4, -0.2) is 26.5 Å². The fourth-order valence-corrected chi connectivity index (χ4v) is 1.69. The molecule has 0 fully saturated rings. The van der Waals surface area contributed by atoms with Gasteiger partial charge in [-0.2, -0.15) is 0 Å². The first-order chi connectivity index (χ1) is 7.45. The normalized spacial score (nSPS) is 10.3. The highest BCUT2D eigenvalue weighted by molar-refractivity contribution is 7.89. The first-order valence-electron chi connectivity index (χ1n) is 4.24. The van der Waals surface area contributed by atoms with Gasteiger partial charge in [0.05, 0.1) is 4.90 Å². The molecule has 1 rings (SSSR count). The topological polar surface area (TPSA) is 83.5 Å². The fraction of sp³-hybridized carbons (Fsp3) is 0.100. The average Bonchev–Trinajstić information content (AvgIpc) is 2.27. The molecular weight excluding hydrogens is 230 g/mol. The first kappa shape index (κ1) is 12.2. The van der Waals surface area contributed by atoms with E-state index in [0.717, 1.165) is 0 Å². The highest BCUT2D eigenvalue weighted by atomic mass is 32.2. The number of hydrogen-bond donors (Lipinski definition) is 2. The number of benzene rings is 1. The molecule has 0 saturated carbocycles. The summed E-state index contributed by atoms with van der Waals surface area (Å²) in [6, 6.07) is 5.61. The molecule has 0 aliphatic carbocycles. The van der Waals surface area contributed by atoms with Crippen LogP contribution in [0.3, 0.4) is 0 Å². The van der Waals surface area contributed by atoms with Crippen molar-refractivity contribution in [1.82, 2.24) is 4.72 Å². The smallest absolute Gasteiger partial charge is 0.382 e. The van der Waals surface area contributed by atoms with Gasteiger partial charge in [-0.3, -0.25) is 0 Å². The van der Waals surface area contributed by atoms with Gasteiger partial charge in [0.2, 0.25) is 10.0 Å². The van der Waals surface area contributed by atoms with Crippen LogP contribution in [0.25, 0.3) is 0 Å². The zero-order chi connectivity index (χ0) is 12.2. The van der Waals surface area contributed by atoms with Gasteiger partial charge in [0.1, 0.15) is 0 Å². The number of carboxylic acids is 1. The molecule has 0 atom stereocenters. The van der Waals surface area contributed by atoms with Crippen molar-refractivity contribution in [2.45, 2.75) is 4.90 Å². The number of hydrogen-bond acceptors (Lipinski definition) is 3.